The number of nitrogens with one attached hydrogen (secondary N) is 1. The van der Waals surface area contributed by atoms with Crippen LogP contribution in [0.1, 0.15) is 31.2 Å². The summed E-state index contributed by atoms with van der Waals surface area (Å²) in [6.45, 7) is 4.07. The molecule has 3 aliphatic rings. The topological polar surface area (TPSA) is 53.9 Å². The van der Waals surface area contributed by atoms with Gasteiger partial charge >= 0.3 is 0 Å². The van der Waals surface area contributed by atoms with Crippen LogP contribution in [0.15, 0.2) is 35.0 Å². The highest BCUT2D eigenvalue weighted by Gasteiger charge is 2.24. The van der Waals surface area contributed by atoms with Gasteiger partial charge in [0, 0.05) is 43.1 Å². The van der Waals surface area contributed by atoms with Gasteiger partial charge in [-0.05, 0) is 56.0 Å². The number of hydrogen-bond acceptors (Lipinski definition) is 4. The number of carbonyl (C=O) groups is 1. The van der Waals surface area contributed by atoms with Crippen LogP contribution in [0.3, 0.4) is 0 Å². The van der Waals surface area contributed by atoms with Crippen molar-refractivity contribution in [1.82, 2.24) is 4.90 Å². The molecule has 0 aliphatic carbocycles. The van der Waals surface area contributed by atoms with Crippen LogP contribution in [0.2, 0.25) is 0 Å². The Bertz CT molecular complexity index is 711. The highest BCUT2D eigenvalue weighted by atomic mass is 16.5. The fraction of sp³-hybridized carbons (Fsp3) is 0.500. The maximum atomic E-state index is 11.5. The number of nitrogens with zero attached hydrogens (tertiary/aromatic N) is 2. The lowest BCUT2D eigenvalue weighted by Gasteiger charge is -2.30. The quantitative estimate of drug-likeness (QED) is 0.811. The molecule has 1 N–H and O–H groups in total. The molecule has 4 rings (SSSR count). The predicted octanol–water partition coefficient (Wildman–Crippen LogP) is 3.02. The van der Waals surface area contributed by atoms with Gasteiger partial charge in [0.15, 0.2) is 0 Å². The van der Waals surface area contributed by atoms with Crippen LogP contribution in [0.4, 0.5) is 5.69 Å². The Morgan fingerprint density at radius 3 is 3.20 bits per heavy atom. The molecule has 3 aliphatic heterocycles. The third-order valence-corrected chi connectivity index (χ3v) is 5.26. The number of unbranched alkanes of at least 4 members (excludes halogenated alkanes) is 1. The number of carbonyl (C=O) groups excluding carboxylic acids is 1. The molecule has 132 valence electrons. The molecule has 1 aromatic rings. The Morgan fingerprint density at radius 1 is 1.28 bits per heavy atom. The van der Waals surface area contributed by atoms with Crippen LogP contribution in [0, 0.1) is 5.92 Å². The number of amides is 1. The maximum Gasteiger partial charge on any atom is 0.224 e. The van der Waals surface area contributed by atoms with Gasteiger partial charge in [-0.1, -0.05) is 6.07 Å². The largest absolute Gasteiger partial charge is 0.494 e. The van der Waals surface area contributed by atoms with Gasteiger partial charge in [-0.2, -0.15) is 0 Å². The number of aliphatic imine (C=N–C) groups is 1. The van der Waals surface area contributed by atoms with Crippen molar-refractivity contribution in [2.24, 2.45) is 10.9 Å². The van der Waals surface area contributed by atoms with Crippen LogP contribution in [-0.2, 0) is 11.2 Å². The summed E-state index contributed by atoms with van der Waals surface area (Å²) >= 11 is 0. The molecule has 0 radical (unpaired) electrons. The first-order chi connectivity index (χ1) is 12.3. The molecule has 5 heteroatoms. The minimum Gasteiger partial charge on any atom is -0.494 e. The molecule has 0 saturated carbocycles. The maximum absolute atomic E-state index is 11.5. The molecule has 1 fully saturated rings. The highest BCUT2D eigenvalue weighted by Crippen LogP contribution is 2.27. The number of likely N-dealkylation sites (tertiary alicyclic amines) is 1. The number of ether oxygens (including phenoxy) is 1. The molecule has 0 bridgehead atoms. The summed E-state index contributed by atoms with van der Waals surface area (Å²) in [5.41, 5.74) is 3.57. The average molecular weight is 339 g/mol. The second-order valence-corrected chi connectivity index (χ2v) is 7.10. The fourth-order valence-corrected chi connectivity index (χ4v) is 3.77. The van der Waals surface area contributed by atoms with Crippen molar-refractivity contribution in [3.8, 4) is 5.75 Å². The number of rotatable bonds is 6. The van der Waals surface area contributed by atoms with Crippen molar-refractivity contribution >= 4 is 17.8 Å². The first kappa shape index (κ1) is 16.3. The number of piperidine rings is 1. The standard InChI is InChI=1S/C20H25N3O2/c24-20-6-4-15-3-5-18(11-19(15)22-20)25-10-2-1-8-23-9-7-16-12-21-13-17(16)14-23/h3,5,11-13,16H,1-2,4,6-10,14H2,(H,22,24). The van der Waals surface area contributed by atoms with Gasteiger partial charge in [0.1, 0.15) is 5.75 Å². The number of anilines is 1. The van der Waals surface area contributed by atoms with Crippen molar-refractivity contribution < 1.29 is 9.53 Å². The minimum atomic E-state index is 0.0937. The molecular formula is C20H25N3O2. The van der Waals surface area contributed by atoms with Crippen molar-refractivity contribution in [3.05, 3.63) is 35.5 Å². The van der Waals surface area contributed by atoms with E-state index in [0.717, 1.165) is 50.4 Å². The van der Waals surface area contributed by atoms with Crippen LogP contribution >= 0.6 is 0 Å². The van der Waals surface area contributed by atoms with E-state index in [0.29, 0.717) is 12.3 Å². The van der Waals surface area contributed by atoms with E-state index >= 15 is 0 Å². The second-order valence-electron chi connectivity index (χ2n) is 7.10. The molecule has 0 spiro atoms. The third-order valence-electron chi connectivity index (χ3n) is 5.26. The lowest BCUT2D eigenvalue weighted by molar-refractivity contribution is -0.116. The second kappa shape index (κ2) is 7.40. The van der Waals surface area contributed by atoms with Crippen LogP contribution in [-0.4, -0.2) is 43.3 Å². The van der Waals surface area contributed by atoms with E-state index in [-0.39, 0.29) is 5.91 Å². The Morgan fingerprint density at radius 2 is 2.24 bits per heavy atom. The van der Waals surface area contributed by atoms with Gasteiger partial charge in [-0.3, -0.25) is 14.7 Å². The molecule has 5 nitrogen and oxygen atoms in total. The average Bonchev–Trinajstić information content (AvgIpc) is 3.09. The number of hydrogen-bond donors (Lipinski definition) is 1. The number of aryl methyl sites for hydroxylation is 1. The Balaban J connectivity index is 1.18. The molecule has 1 saturated heterocycles. The minimum absolute atomic E-state index is 0.0937. The Kier molecular flexibility index (Phi) is 4.83. The monoisotopic (exact) mass is 339 g/mol. The predicted molar refractivity (Wildman–Crippen MR) is 99.2 cm³/mol. The summed E-state index contributed by atoms with van der Waals surface area (Å²) in [5, 5.41) is 2.92. The smallest absolute Gasteiger partial charge is 0.224 e. The lowest BCUT2D eigenvalue weighted by Crippen LogP contribution is -2.35. The molecule has 1 atom stereocenters. The SMILES string of the molecule is O=C1CCc2ccc(OCCCCN3CCC4C=NC=C4C3)cc2N1. The van der Waals surface area contributed by atoms with E-state index in [2.05, 4.69) is 27.5 Å². The van der Waals surface area contributed by atoms with E-state index in [1.165, 1.54) is 24.1 Å². The summed E-state index contributed by atoms with van der Waals surface area (Å²) in [6, 6.07) is 6.02. The third kappa shape index (κ3) is 3.93. The zero-order valence-corrected chi connectivity index (χ0v) is 14.5. The van der Waals surface area contributed by atoms with E-state index in [1.54, 1.807) is 0 Å². The van der Waals surface area contributed by atoms with Crippen LogP contribution in [0.25, 0.3) is 0 Å². The van der Waals surface area contributed by atoms with Crippen LogP contribution < -0.4 is 10.1 Å². The Labute approximate surface area is 148 Å². The van der Waals surface area contributed by atoms with Gasteiger partial charge in [0.25, 0.3) is 0 Å². The summed E-state index contributed by atoms with van der Waals surface area (Å²) in [4.78, 5) is 18.3. The van der Waals surface area contributed by atoms with Crippen molar-refractivity contribution in [2.75, 3.05) is 31.6 Å². The zero-order chi connectivity index (χ0) is 17.1. The summed E-state index contributed by atoms with van der Waals surface area (Å²) < 4.78 is 5.86. The molecule has 25 heavy (non-hydrogen) atoms. The van der Waals surface area contributed by atoms with E-state index in [1.807, 2.05) is 18.3 Å². The van der Waals surface area contributed by atoms with E-state index in [9.17, 15) is 4.79 Å². The fourth-order valence-electron chi connectivity index (χ4n) is 3.77. The molecule has 1 aromatic carbocycles. The van der Waals surface area contributed by atoms with Crippen molar-refractivity contribution in [1.29, 1.82) is 0 Å². The van der Waals surface area contributed by atoms with Crippen molar-refractivity contribution in [2.45, 2.75) is 32.1 Å². The van der Waals surface area contributed by atoms with Gasteiger partial charge < -0.3 is 10.1 Å². The van der Waals surface area contributed by atoms with Gasteiger partial charge in [0.05, 0.1) is 6.61 Å². The van der Waals surface area contributed by atoms with Gasteiger partial charge in [-0.25, -0.2) is 0 Å². The summed E-state index contributed by atoms with van der Waals surface area (Å²) in [5.74, 6) is 1.54. The Hall–Kier alpha value is -2.14. The molecule has 0 aromatic heterocycles. The van der Waals surface area contributed by atoms with E-state index in [4.69, 9.17) is 4.74 Å². The highest BCUT2D eigenvalue weighted by molar-refractivity contribution is 5.94. The van der Waals surface area contributed by atoms with Crippen molar-refractivity contribution in [3.63, 3.8) is 0 Å². The lowest BCUT2D eigenvalue weighted by atomic mass is 9.94. The first-order valence-corrected chi connectivity index (χ1v) is 9.28. The van der Waals surface area contributed by atoms with E-state index < -0.39 is 0 Å². The summed E-state index contributed by atoms with van der Waals surface area (Å²) in [6.07, 6.45) is 8.90. The van der Waals surface area contributed by atoms with Crippen LogP contribution in [0.5, 0.6) is 5.75 Å². The molecule has 3 heterocycles. The zero-order valence-electron chi connectivity index (χ0n) is 14.5. The normalized spacial score (nSPS) is 22.2. The summed E-state index contributed by atoms with van der Waals surface area (Å²) in [7, 11) is 0. The molecule has 1 unspecified atom stereocenters. The van der Waals surface area contributed by atoms with Gasteiger partial charge in [-0.15, -0.1) is 0 Å². The molecular weight excluding hydrogens is 314 g/mol. The number of fused-ring (bicyclic) bond motifs is 2. The number of benzene rings is 1. The first-order valence-electron chi connectivity index (χ1n) is 9.28. The molecule has 1 amide bonds. The van der Waals surface area contributed by atoms with Gasteiger partial charge in [0.2, 0.25) is 5.91 Å².